The van der Waals surface area contributed by atoms with Crippen LogP contribution in [0.1, 0.15) is 40.7 Å². The van der Waals surface area contributed by atoms with Gasteiger partial charge in [0.25, 0.3) is 5.91 Å². The SMILES string of the molecule is Cc1ccccc1NC(=O)c1ccc(CN2CCCCC2)cc1. The molecule has 3 rings (SSSR count). The monoisotopic (exact) mass is 308 g/mol. The highest BCUT2D eigenvalue weighted by Gasteiger charge is 2.11. The summed E-state index contributed by atoms with van der Waals surface area (Å²) < 4.78 is 0. The molecular weight excluding hydrogens is 284 g/mol. The van der Waals surface area contributed by atoms with E-state index < -0.39 is 0 Å². The molecule has 1 N–H and O–H groups in total. The number of hydrogen-bond acceptors (Lipinski definition) is 2. The van der Waals surface area contributed by atoms with Gasteiger partial charge in [-0.2, -0.15) is 0 Å². The van der Waals surface area contributed by atoms with E-state index in [0.29, 0.717) is 5.56 Å². The first-order chi connectivity index (χ1) is 11.2. The predicted molar refractivity (Wildman–Crippen MR) is 94.7 cm³/mol. The maximum atomic E-state index is 12.3. The van der Waals surface area contributed by atoms with E-state index in [1.807, 2.05) is 43.3 Å². The standard InChI is InChI=1S/C20H24N2O/c1-16-7-3-4-8-19(16)21-20(23)18-11-9-17(10-12-18)15-22-13-5-2-6-14-22/h3-4,7-12H,2,5-6,13-15H2,1H3,(H,21,23). The first-order valence-electron chi connectivity index (χ1n) is 8.41. The minimum Gasteiger partial charge on any atom is -0.322 e. The lowest BCUT2D eigenvalue weighted by molar-refractivity contribution is 0.102. The molecule has 3 heteroatoms. The Labute approximate surface area is 138 Å². The molecule has 0 atom stereocenters. The maximum Gasteiger partial charge on any atom is 0.255 e. The molecule has 1 saturated heterocycles. The lowest BCUT2D eigenvalue weighted by atomic mass is 10.1. The fourth-order valence-corrected chi connectivity index (χ4v) is 3.04. The molecule has 2 aromatic carbocycles. The molecule has 3 nitrogen and oxygen atoms in total. The zero-order valence-electron chi connectivity index (χ0n) is 13.7. The van der Waals surface area contributed by atoms with Gasteiger partial charge in [-0.1, -0.05) is 36.8 Å². The summed E-state index contributed by atoms with van der Waals surface area (Å²) in [4.78, 5) is 14.8. The van der Waals surface area contributed by atoms with Crippen molar-refractivity contribution >= 4 is 11.6 Å². The van der Waals surface area contributed by atoms with Crippen LogP contribution in [-0.2, 0) is 6.54 Å². The summed E-state index contributed by atoms with van der Waals surface area (Å²) in [6.45, 7) is 5.36. The van der Waals surface area contributed by atoms with E-state index in [9.17, 15) is 4.79 Å². The van der Waals surface area contributed by atoms with Crippen LogP contribution in [0.2, 0.25) is 0 Å². The van der Waals surface area contributed by atoms with Gasteiger partial charge in [-0.3, -0.25) is 9.69 Å². The van der Waals surface area contributed by atoms with Gasteiger partial charge in [-0.05, 0) is 62.2 Å². The van der Waals surface area contributed by atoms with Crippen LogP contribution >= 0.6 is 0 Å². The average Bonchev–Trinajstić information content (AvgIpc) is 2.58. The van der Waals surface area contributed by atoms with Gasteiger partial charge in [-0.25, -0.2) is 0 Å². The lowest BCUT2D eigenvalue weighted by Gasteiger charge is -2.26. The number of para-hydroxylation sites is 1. The van der Waals surface area contributed by atoms with Gasteiger partial charge in [0.15, 0.2) is 0 Å². The summed E-state index contributed by atoms with van der Waals surface area (Å²) in [5.74, 6) is -0.0520. The molecule has 0 unspecified atom stereocenters. The second-order valence-electron chi connectivity index (χ2n) is 6.30. The molecule has 0 spiro atoms. The molecular formula is C20H24N2O. The van der Waals surface area contributed by atoms with Crippen molar-refractivity contribution in [1.82, 2.24) is 4.90 Å². The Morgan fingerprint density at radius 2 is 1.70 bits per heavy atom. The van der Waals surface area contributed by atoms with E-state index in [0.717, 1.165) is 17.8 Å². The summed E-state index contributed by atoms with van der Waals surface area (Å²) in [6, 6.07) is 15.8. The Hall–Kier alpha value is -2.13. The van der Waals surface area contributed by atoms with Crippen LogP contribution in [0.4, 0.5) is 5.69 Å². The predicted octanol–water partition coefficient (Wildman–Crippen LogP) is 4.23. The number of aryl methyl sites for hydroxylation is 1. The molecule has 2 aromatic rings. The third kappa shape index (κ3) is 4.20. The van der Waals surface area contributed by atoms with Crippen LogP contribution < -0.4 is 5.32 Å². The van der Waals surface area contributed by atoms with Crippen molar-refractivity contribution in [3.63, 3.8) is 0 Å². The molecule has 1 amide bonds. The molecule has 1 heterocycles. The second kappa shape index (κ2) is 7.42. The number of carbonyl (C=O) groups is 1. The molecule has 0 radical (unpaired) electrons. The zero-order valence-corrected chi connectivity index (χ0v) is 13.7. The minimum absolute atomic E-state index is 0.0520. The van der Waals surface area contributed by atoms with Crippen molar-refractivity contribution in [1.29, 1.82) is 0 Å². The summed E-state index contributed by atoms with van der Waals surface area (Å²) in [7, 11) is 0. The first-order valence-corrected chi connectivity index (χ1v) is 8.41. The third-order valence-electron chi connectivity index (χ3n) is 4.46. The topological polar surface area (TPSA) is 32.3 Å². The van der Waals surface area contributed by atoms with Crippen molar-refractivity contribution in [2.75, 3.05) is 18.4 Å². The molecule has 23 heavy (non-hydrogen) atoms. The zero-order chi connectivity index (χ0) is 16.1. The van der Waals surface area contributed by atoms with Crippen LogP contribution in [0, 0.1) is 6.92 Å². The highest BCUT2D eigenvalue weighted by atomic mass is 16.1. The number of piperidine rings is 1. The van der Waals surface area contributed by atoms with Gasteiger partial charge in [0, 0.05) is 17.8 Å². The number of benzene rings is 2. The molecule has 0 saturated carbocycles. The largest absolute Gasteiger partial charge is 0.322 e. The summed E-state index contributed by atoms with van der Waals surface area (Å²) in [6.07, 6.45) is 3.96. The normalized spacial score (nSPS) is 15.3. The van der Waals surface area contributed by atoms with Gasteiger partial charge in [0.2, 0.25) is 0 Å². The van der Waals surface area contributed by atoms with Crippen molar-refractivity contribution in [3.05, 3.63) is 65.2 Å². The van der Waals surface area contributed by atoms with E-state index in [1.54, 1.807) is 0 Å². The van der Waals surface area contributed by atoms with E-state index >= 15 is 0 Å². The van der Waals surface area contributed by atoms with Crippen molar-refractivity contribution < 1.29 is 4.79 Å². The van der Waals surface area contributed by atoms with Crippen molar-refractivity contribution in [2.24, 2.45) is 0 Å². The Bertz CT molecular complexity index is 658. The van der Waals surface area contributed by atoms with Crippen LogP contribution in [0.15, 0.2) is 48.5 Å². The summed E-state index contributed by atoms with van der Waals surface area (Å²) in [5.41, 5.74) is 3.92. The Morgan fingerprint density at radius 3 is 2.39 bits per heavy atom. The molecule has 120 valence electrons. The van der Waals surface area contributed by atoms with Gasteiger partial charge < -0.3 is 5.32 Å². The quantitative estimate of drug-likeness (QED) is 0.916. The molecule has 1 fully saturated rings. The summed E-state index contributed by atoms with van der Waals surface area (Å²) >= 11 is 0. The molecule has 1 aliphatic rings. The average molecular weight is 308 g/mol. The van der Waals surface area contributed by atoms with Gasteiger partial charge >= 0.3 is 0 Å². The molecule has 0 aliphatic carbocycles. The van der Waals surface area contributed by atoms with E-state index in [2.05, 4.69) is 22.3 Å². The highest BCUT2D eigenvalue weighted by molar-refractivity contribution is 6.04. The van der Waals surface area contributed by atoms with E-state index in [1.165, 1.54) is 37.9 Å². The molecule has 1 aliphatic heterocycles. The fraction of sp³-hybridized carbons (Fsp3) is 0.350. The van der Waals surface area contributed by atoms with Crippen molar-refractivity contribution in [2.45, 2.75) is 32.7 Å². The Morgan fingerprint density at radius 1 is 1.00 bits per heavy atom. The highest BCUT2D eigenvalue weighted by Crippen LogP contribution is 2.16. The number of nitrogens with one attached hydrogen (secondary N) is 1. The van der Waals surface area contributed by atoms with Gasteiger partial charge in [0.1, 0.15) is 0 Å². The Balaban J connectivity index is 1.62. The van der Waals surface area contributed by atoms with E-state index in [-0.39, 0.29) is 5.91 Å². The maximum absolute atomic E-state index is 12.3. The number of carbonyl (C=O) groups excluding carboxylic acids is 1. The van der Waals surface area contributed by atoms with Gasteiger partial charge in [-0.15, -0.1) is 0 Å². The third-order valence-corrected chi connectivity index (χ3v) is 4.46. The fourth-order valence-electron chi connectivity index (χ4n) is 3.04. The number of anilines is 1. The number of rotatable bonds is 4. The number of likely N-dealkylation sites (tertiary alicyclic amines) is 1. The van der Waals surface area contributed by atoms with Crippen LogP contribution in [0.3, 0.4) is 0 Å². The second-order valence-corrected chi connectivity index (χ2v) is 6.30. The molecule has 0 bridgehead atoms. The van der Waals surface area contributed by atoms with Crippen LogP contribution in [-0.4, -0.2) is 23.9 Å². The van der Waals surface area contributed by atoms with E-state index in [4.69, 9.17) is 0 Å². The number of amides is 1. The Kier molecular flexibility index (Phi) is 5.09. The molecule has 0 aromatic heterocycles. The lowest BCUT2D eigenvalue weighted by Crippen LogP contribution is -2.29. The number of nitrogens with zero attached hydrogens (tertiary/aromatic N) is 1. The number of hydrogen-bond donors (Lipinski definition) is 1. The van der Waals surface area contributed by atoms with Crippen LogP contribution in [0.5, 0.6) is 0 Å². The minimum atomic E-state index is -0.0520. The first kappa shape index (κ1) is 15.8. The van der Waals surface area contributed by atoms with Crippen molar-refractivity contribution in [3.8, 4) is 0 Å². The van der Waals surface area contributed by atoms with Crippen LogP contribution in [0.25, 0.3) is 0 Å². The smallest absolute Gasteiger partial charge is 0.255 e. The van der Waals surface area contributed by atoms with Gasteiger partial charge in [0.05, 0.1) is 0 Å². The summed E-state index contributed by atoms with van der Waals surface area (Å²) in [5, 5.41) is 2.98.